The highest BCUT2D eigenvalue weighted by Crippen LogP contribution is 2.21. The van der Waals surface area contributed by atoms with Crippen molar-refractivity contribution in [1.82, 2.24) is 5.32 Å². The summed E-state index contributed by atoms with van der Waals surface area (Å²) in [6.45, 7) is 3.80. The summed E-state index contributed by atoms with van der Waals surface area (Å²) in [5.41, 5.74) is 1.21. The van der Waals surface area contributed by atoms with Crippen LogP contribution in [0.3, 0.4) is 0 Å². The molecule has 9 heteroatoms. The van der Waals surface area contributed by atoms with Crippen molar-refractivity contribution in [3.05, 3.63) is 29.8 Å². The molecule has 0 aliphatic carbocycles. The van der Waals surface area contributed by atoms with Crippen molar-refractivity contribution in [2.24, 2.45) is 15.9 Å². The lowest BCUT2D eigenvalue weighted by molar-refractivity contribution is -0.143. The number of benzene rings is 1. The first-order chi connectivity index (χ1) is 12.9. The molecule has 0 aromatic heterocycles. The molecule has 0 spiro atoms. The molecule has 8 nitrogen and oxygen atoms in total. The third-order valence-electron chi connectivity index (χ3n) is 3.64. The summed E-state index contributed by atoms with van der Waals surface area (Å²) in [6.07, 6.45) is 0. The van der Waals surface area contributed by atoms with Gasteiger partial charge in [-0.25, -0.2) is 4.79 Å². The molecule has 0 saturated heterocycles. The van der Waals surface area contributed by atoms with Gasteiger partial charge in [0.25, 0.3) is 0 Å². The number of urea groups is 1. The molecule has 1 aliphatic heterocycles. The topological polar surface area (TPSA) is 106 Å². The van der Waals surface area contributed by atoms with Crippen molar-refractivity contribution in [3.63, 3.8) is 0 Å². The second-order valence-electron chi connectivity index (χ2n) is 5.59. The van der Waals surface area contributed by atoms with Crippen molar-refractivity contribution in [3.8, 4) is 5.75 Å². The lowest BCUT2D eigenvalue weighted by Crippen LogP contribution is -2.35. The van der Waals surface area contributed by atoms with Crippen LogP contribution in [0.2, 0.25) is 0 Å². The van der Waals surface area contributed by atoms with Crippen LogP contribution in [-0.4, -0.2) is 48.1 Å². The average molecular weight is 391 g/mol. The minimum absolute atomic E-state index is 0.0132. The third-order valence-corrected chi connectivity index (χ3v) is 4.67. The maximum Gasteiger partial charge on any atom is 0.367 e. The van der Waals surface area contributed by atoms with E-state index >= 15 is 0 Å². The fourth-order valence-electron chi connectivity index (χ4n) is 2.36. The highest BCUT2D eigenvalue weighted by Gasteiger charge is 2.33. The van der Waals surface area contributed by atoms with Crippen molar-refractivity contribution in [2.45, 2.75) is 20.4 Å². The highest BCUT2D eigenvalue weighted by molar-refractivity contribution is 8.14. The smallest absolute Gasteiger partial charge is 0.367 e. The number of nitrogens with zero attached hydrogens (tertiary/aromatic N) is 2. The molecule has 1 aromatic rings. The molecule has 0 fully saturated rings. The van der Waals surface area contributed by atoms with E-state index < -0.39 is 17.9 Å². The van der Waals surface area contributed by atoms with E-state index in [0.717, 1.165) is 17.3 Å². The van der Waals surface area contributed by atoms with Gasteiger partial charge in [0, 0.05) is 12.3 Å². The fourth-order valence-corrected chi connectivity index (χ4v) is 3.32. The van der Waals surface area contributed by atoms with Crippen molar-refractivity contribution in [1.29, 1.82) is 0 Å². The zero-order valence-corrected chi connectivity index (χ0v) is 16.2. The number of hydrogen-bond donors (Lipinski definition) is 1. The Hall–Kier alpha value is -2.68. The van der Waals surface area contributed by atoms with Crippen molar-refractivity contribution < 1.29 is 23.9 Å². The quantitative estimate of drug-likeness (QED) is 0.714. The van der Waals surface area contributed by atoms with E-state index in [9.17, 15) is 14.4 Å². The Morgan fingerprint density at radius 3 is 2.78 bits per heavy atom. The summed E-state index contributed by atoms with van der Waals surface area (Å²) in [4.78, 5) is 43.3. The highest BCUT2D eigenvalue weighted by atomic mass is 32.2. The van der Waals surface area contributed by atoms with Crippen LogP contribution in [0.4, 0.5) is 4.79 Å². The van der Waals surface area contributed by atoms with Crippen LogP contribution in [0, 0.1) is 5.92 Å². The number of nitrogens with one attached hydrogen (secondary N) is 1. The predicted molar refractivity (Wildman–Crippen MR) is 103 cm³/mol. The van der Waals surface area contributed by atoms with Gasteiger partial charge in [-0.1, -0.05) is 23.9 Å². The second kappa shape index (κ2) is 9.86. The molecule has 0 saturated carbocycles. The van der Waals surface area contributed by atoms with Crippen molar-refractivity contribution in [2.75, 3.05) is 19.5 Å². The number of carbonyl (C=O) groups excluding carboxylic acids is 3. The van der Waals surface area contributed by atoms with Gasteiger partial charge in [-0.15, -0.1) is 0 Å². The first-order valence-corrected chi connectivity index (χ1v) is 9.30. The second-order valence-corrected chi connectivity index (χ2v) is 6.58. The molecule has 3 amide bonds. The van der Waals surface area contributed by atoms with Gasteiger partial charge >= 0.3 is 12.0 Å². The predicted octanol–water partition coefficient (Wildman–Crippen LogP) is 2.22. The standard InChI is InChI=1S/C18H21N3O5S/c1-4-26-17(23)15-11(2)20-18(24)21-16(15)27-10-14(22)19-9-12-6-5-7-13(8-12)25-3/h5-8,15H,4,9-10H2,1-3H3,(H,19,22). The first kappa shape index (κ1) is 20.6. The maximum atomic E-state index is 12.1. The van der Waals surface area contributed by atoms with Crippen LogP contribution in [0.25, 0.3) is 0 Å². The van der Waals surface area contributed by atoms with Gasteiger partial charge in [-0.05, 0) is 31.5 Å². The molecule has 27 heavy (non-hydrogen) atoms. The molecule has 1 aromatic carbocycles. The monoisotopic (exact) mass is 391 g/mol. The third kappa shape index (κ3) is 5.92. The number of amides is 3. The molecule has 0 radical (unpaired) electrons. The number of carbonyl (C=O) groups is 3. The molecule has 0 bridgehead atoms. The van der Waals surface area contributed by atoms with E-state index in [0.29, 0.717) is 18.0 Å². The molecule has 1 aliphatic rings. The van der Waals surface area contributed by atoms with E-state index in [2.05, 4.69) is 15.3 Å². The zero-order valence-electron chi connectivity index (χ0n) is 15.4. The Balaban J connectivity index is 1.93. The van der Waals surface area contributed by atoms with Crippen molar-refractivity contribution >= 4 is 40.4 Å². The summed E-state index contributed by atoms with van der Waals surface area (Å²) in [5.74, 6) is -0.911. The number of thioether (sulfide) groups is 1. The fraction of sp³-hybridized carbons (Fsp3) is 0.389. The Morgan fingerprint density at radius 1 is 1.30 bits per heavy atom. The van der Waals surface area contributed by atoms with Crippen LogP contribution in [-0.2, 0) is 20.9 Å². The average Bonchev–Trinajstić information content (AvgIpc) is 2.64. The molecule has 1 N–H and O–H groups in total. The first-order valence-electron chi connectivity index (χ1n) is 8.31. The summed E-state index contributed by atoms with van der Waals surface area (Å²) < 4.78 is 10.2. The minimum Gasteiger partial charge on any atom is -0.497 e. The molecular weight excluding hydrogens is 370 g/mol. The largest absolute Gasteiger partial charge is 0.497 e. The molecule has 144 valence electrons. The lowest BCUT2D eigenvalue weighted by Gasteiger charge is -2.19. The Bertz CT molecular complexity index is 791. The van der Waals surface area contributed by atoms with Gasteiger partial charge in [0.2, 0.25) is 5.91 Å². The lowest BCUT2D eigenvalue weighted by atomic mass is 10.1. The Morgan fingerprint density at radius 2 is 2.07 bits per heavy atom. The van der Waals surface area contributed by atoms with Crippen LogP contribution in [0.5, 0.6) is 5.75 Å². The SMILES string of the molecule is CCOC(=O)C1C(C)=NC(=O)N=C1SCC(=O)NCc1cccc(OC)c1. The van der Waals surface area contributed by atoms with Gasteiger partial charge in [0.05, 0.1) is 24.5 Å². The number of aliphatic imine (C=N–C) groups is 2. The normalized spacial score (nSPS) is 16.3. The maximum absolute atomic E-state index is 12.1. The van der Waals surface area contributed by atoms with E-state index in [1.54, 1.807) is 21.0 Å². The number of ether oxygens (including phenoxy) is 2. The number of methoxy groups -OCH3 is 1. The van der Waals surface area contributed by atoms with Gasteiger partial charge in [0.1, 0.15) is 11.7 Å². The van der Waals surface area contributed by atoms with Crippen LogP contribution in [0.15, 0.2) is 34.3 Å². The minimum atomic E-state index is -0.848. The van der Waals surface area contributed by atoms with E-state index in [1.165, 1.54) is 0 Å². The molecular formula is C18H21N3O5S. The van der Waals surface area contributed by atoms with E-state index in [1.807, 2.05) is 24.3 Å². The van der Waals surface area contributed by atoms with Crippen LogP contribution in [0.1, 0.15) is 19.4 Å². The summed E-state index contributed by atoms with van der Waals surface area (Å²) in [5, 5.41) is 3.00. The van der Waals surface area contributed by atoms with Gasteiger partial charge in [-0.2, -0.15) is 9.98 Å². The molecule has 2 rings (SSSR count). The molecule has 1 unspecified atom stereocenters. The van der Waals surface area contributed by atoms with E-state index in [-0.39, 0.29) is 23.3 Å². The summed E-state index contributed by atoms with van der Waals surface area (Å²) in [6, 6.07) is 6.67. The molecule has 1 heterocycles. The summed E-state index contributed by atoms with van der Waals surface area (Å²) >= 11 is 1.03. The zero-order chi connectivity index (χ0) is 19.8. The Labute approximate surface area is 161 Å². The molecule has 1 atom stereocenters. The number of hydrogen-bond acceptors (Lipinski definition) is 6. The van der Waals surface area contributed by atoms with Gasteiger partial charge in [-0.3, -0.25) is 9.59 Å². The van der Waals surface area contributed by atoms with Crippen LogP contribution >= 0.6 is 11.8 Å². The van der Waals surface area contributed by atoms with Gasteiger partial charge in [0.15, 0.2) is 0 Å². The number of esters is 1. The number of rotatable bonds is 7. The Kier molecular flexibility index (Phi) is 7.54. The summed E-state index contributed by atoms with van der Waals surface area (Å²) in [7, 11) is 1.58. The van der Waals surface area contributed by atoms with Crippen LogP contribution < -0.4 is 10.1 Å². The van der Waals surface area contributed by atoms with Gasteiger partial charge < -0.3 is 14.8 Å². The van der Waals surface area contributed by atoms with E-state index in [4.69, 9.17) is 9.47 Å².